The van der Waals surface area contributed by atoms with Gasteiger partial charge in [0.1, 0.15) is 6.61 Å². The van der Waals surface area contributed by atoms with Gasteiger partial charge in [0.25, 0.3) is 0 Å². The largest absolute Gasteiger partial charge is 0.461 e. The molecule has 4 aliphatic rings. The first-order valence-corrected chi connectivity index (χ1v) is 7.46. The molecule has 2 N–H and O–H groups in total. The van der Waals surface area contributed by atoms with E-state index in [4.69, 9.17) is 10.5 Å². The number of nitrogens with two attached hydrogens (primary N) is 1. The Kier molecular flexibility index (Phi) is 2.72. The topological polar surface area (TPSA) is 78.8 Å². The Morgan fingerprint density at radius 2 is 1.79 bits per heavy atom. The first-order valence-electron chi connectivity index (χ1n) is 7.46. The molecule has 0 amide bonds. The van der Waals surface area contributed by atoms with Crippen molar-refractivity contribution in [3.05, 3.63) is 0 Å². The molecule has 0 unspecified atom stereocenters. The van der Waals surface area contributed by atoms with Gasteiger partial charge in [0.15, 0.2) is 0 Å². The molecular formula is C13H21N5O. The molecule has 104 valence electrons. The summed E-state index contributed by atoms with van der Waals surface area (Å²) in [5.74, 6) is 3.42. The molecule has 1 aromatic heterocycles. The summed E-state index contributed by atoms with van der Waals surface area (Å²) in [6.07, 6.45) is 6.88. The smallest absolute Gasteiger partial charge is 0.335 e. The Hall–Kier alpha value is -1.17. The number of rotatable bonds is 4. The third-order valence-electron chi connectivity index (χ3n) is 5.27. The summed E-state index contributed by atoms with van der Waals surface area (Å²) in [5.41, 5.74) is 5.49. The molecular weight excluding hydrogens is 242 g/mol. The Balaban J connectivity index is 1.60. The van der Waals surface area contributed by atoms with Crippen LogP contribution in [0.15, 0.2) is 0 Å². The molecule has 0 spiro atoms. The Morgan fingerprint density at radius 3 is 2.42 bits per heavy atom. The molecule has 4 aliphatic carbocycles. The van der Waals surface area contributed by atoms with Gasteiger partial charge in [-0.15, -0.1) is 0 Å². The monoisotopic (exact) mass is 263 g/mol. The normalized spacial score (nSPS) is 39.7. The highest BCUT2D eigenvalue weighted by Gasteiger charge is 2.50. The number of nitrogens with zero attached hydrogens (tertiary/aromatic N) is 4. The fraction of sp³-hybridized carbons (Fsp3) is 0.923. The maximum atomic E-state index is 5.58. The third-order valence-corrected chi connectivity index (χ3v) is 5.27. The lowest BCUT2D eigenvalue weighted by Gasteiger charge is -2.53. The van der Waals surface area contributed by atoms with Gasteiger partial charge in [-0.05, 0) is 66.2 Å². The van der Waals surface area contributed by atoms with Crippen LogP contribution < -0.4 is 10.5 Å². The van der Waals surface area contributed by atoms with E-state index in [1.165, 1.54) is 32.1 Å². The van der Waals surface area contributed by atoms with Gasteiger partial charge < -0.3 is 10.5 Å². The van der Waals surface area contributed by atoms with E-state index in [1.807, 2.05) is 4.68 Å². The zero-order valence-electron chi connectivity index (χ0n) is 11.1. The van der Waals surface area contributed by atoms with Gasteiger partial charge in [-0.2, -0.15) is 4.68 Å². The molecule has 0 aromatic carbocycles. The molecule has 1 heterocycles. The summed E-state index contributed by atoms with van der Waals surface area (Å²) in [7, 11) is 0. The number of tetrazole rings is 1. The second kappa shape index (κ2) is 4.44. The van der Waals surface area contributed by atoms with E-state index >= 15 is 0 Å². The highest BCUT2D eigenvalue weighted by atomic mass is 16.5. The Bertz CT molecular complexity index is 432. The summed E-state index contributed by atoms with van der Waals surface area (Å²) in [6.45, 7) is 0.974. The van der Waals surface area contributed by atoms with Crippen LogP contribution in [-0.2, 0) is 0 Å². The van der Waals surface area contributed by atoms with Crippen molar-refractivity contribution in [3.8, 4) is 6.01 Å². The molecule has 4 saturated carbocycles. The number of ether oxygens (including phenoxy) is 1. The van der Waals surface area contributed by atoms with Gasteiger partial charge in [0, 0.05) is 6.54 Å². The van der Waals surface area contributed by atoms with Crippen LogP contribution >= 0.6 is 0 Å². The van der Waals surface area contributed by atoms with E-state index in [0.29, 0.717) is 25.2 Å². The maximum absolute atomic E-state index is 5.58. The molecule has 0 radical (unpaired) electrons. The van der Waals surface area contributed by atoms with Crippen LogP contribution in [0.5, 0.6) is 6.01 Å². The van der Waals surface area contributed by atoms with Crippen LogP contribution in [-0.4, -0.2) is 33.4 Å². The predicted molar refractivity (Wildman–Crippen MR) is 68.4 cm³/mol. The summed E-state index contributed by atoms with van der Waals surface area (Å²) >= 11 is 0. The van der Waals surface area contributed by atoms with Gasteiger partial charge in [-0.3, -0.25) is 0 Å². The second-order valence-electron chi connectivity index (χ2n) is 6.46. The minimum Gasteiger partial charge on any atom is -0.461 e. The Morgan fingerprint density at radius 1 is 1.11 bits per heavy atom. The molecule has 0 aliphatic heterocycles. The van der Waals surface area contributed by atoms with E-state index < -0.39 is 0 Å². The lowest BCUT2D eigenvalue weighted by molar-refractivity contribution is -0.0372. The van der Waals surface area contributed by atoms with Crippen molar-refractivity contribution >= 4 is 0 Å². The van der Waals surface area contributed by atoms with Crippen molar-refractivity contribution in [3.63, 3.8) is 0 Å². The zero-order chi connectivity index (χ0) is 12.8. The first kappa shape index (κ1) is 11.6. The third kappa shape index (κ3) is 1.84. The lowest BCUT2D eigenvalue weighted by Crippen LogP contribution is -2.46. The quantitative estimate of drug-likeness (QED) is 0.877. The minimum absolute atomic E-state index is 0.454. The lowest BCUT2D eigenvalue weighted by atomic mass is 9.54. The van der Waals surface area contributed by atoms with E-state index in [1.54, 1.807) is 0 Å². The number of hydrogen-bond donors (Lipinski definition) is 1. The zero-order valence-corrected chi connectivity index (χ0v) is 11.1. The Labute approximate surface area is 112 Å². The minimum atomic E-state index is 0.454. The van der Waals surface area contributed by atoms with Crippen molar-refractivity contribution in [2.24, 2.45) is 29.4 Å². The van der Waals surface area contributed by atoms with Crippen molar-refractivity contribution in [2.75, 3.05) is 13.2 Å². The van der Waals surface area contributed by atoms with E-state index in [9.17, 15) is 0 Å². The molecule has 0 saturated heterocycles. The van der Waals surface area contributed by atoms with Crippen LogP contribution in [0.4, 0.5) is 0 Å². The van der Waals surface area contributed by atoms with E-state index in [2.05, 4.69) is 15.5 Å². The molecule has 4 fully saturated rings. The van der Waals surface area contributed by atoms with Crippen LogP contribution in [0.2, 0.25) is 0 Å². The average molecular weight is 263 g/mol. The molecule has 5 rings (SSSR count). The summed E-state index contributed by atoms with van der Waals surface area (Å²) in [6, 6.07) is 1.01. The second-order valence-corrected chi connectivity index (χ2v) is 6.46. The van der Waals surface area contributed by atoms with Crippen molar-refractivity contribution < 1.29 is 4.74 Å². The van der Waals surface area contributed by atoms with Crippen LogP contribution in [0.1, 0.15) is 38.1 Å². The van der Waals surface area contributed by atoms with Gasteiger partial charge >= 0.3 is 6.01 Å². The fourth-order valence-electron chi connectivity index (χ4n) is 4.91. The summed E-state index contributed by atoms with van der Waals surface area (Å²) < 4.78 is 7.53. The van der Waals surface area contributed by atoms with Crippen LogP contribution in [0.25, 0.3) is 0 Å². The van der Waals surface area contributed by atoms with E-state index in [0.717, 1.165) is 23.7 Å². The highest BCUT2D eigenvalue weighted by Crippen LogP contribution is 2.58. The average Bonchev–Trinajstić information content (AvgIpc) is 2.83. The van der Waals surface area contributed by atoms with Gasteiger partial charge in [-0.1, -0.05) is 5.10 Å². The van der Waals surface area contributed by atoms with Crippen LogP contribution in [0, 0.1) is 23.7 Å². The SMILES string of the molecule is NCCOc1nnnn1C1C2CC3CC(C2)CC1C3. The first-order chi connectivity index (χ1) is 9.35. The molecule has 19 heavy (non-hydrogen) atoms. The fourth-order valence-corrected chi connectivity index (χ4v) is 4.91. The predicted octanol–water partition coefficient (Wildman–Crippen LogP) is 1.01. The van der Waals surface area contributed by atoms with Crippen molar-refractivity contribution in [1.82, 2.24) is 20.2 Å². The molecule has 6 heteroatoms. The number of hydrogen-bond acceptors (Lipinski definition) is 5. The summed E-state index contributed by atoms with van der Waals surface area (Å²) in [4.78, 5) is 0. The maximum Gasteiger partial charge on any atom is 0.335 e. The van der Waals surface area contributed by atoms with Gasteiger partial charge in [-0.25, -0.2) is 0 Å². The standard InChI is InChI=1S/C13H21N5O/c14-1-2-19-13-15-16-17-18(13)12-10-4-8-3-9(6-10)7-11(12)5-8/h8-12H,1-7,14H2. The highest BCUT2D eigenvalue weighted by molar-refractivity contribution is 5.03. The van der Waals surface area contributed by atoms with Gasteiger partial charge in [0.2, 0.25) is 0 Å². The van der Waals surface area contributed by atoms with Crippen LogP contribution in [0.3, 0.4) is 0 Å². The van der Waals surface area contributed by atoms with Gasteiger partial charge in [0.05, 0.1) is 6.04 Å². The van der Waals surface area contributed by atoms with Crippen molar-refractivity contribution in [1.29, 1.82) is 0 Å². The molecule has 6 nitrogen and oxygen atoms in total. The molecule has 0 atom stereocenters. The van der Waals surface area contributed by atoms with Crippen molar-refractivity contribution in [2.45, 2.75) is 38.1 Å². The summed E-state index contributed by atoms with van der Waals surface area (Å²) in [5, 5.41) is 12.0. The molecule has 4 bridgehead atoms. The number of aromatic nitrogens is 4. The molecule has 1 aromatic rings. The van der Waals surface area contributed by atoms with E-state index in [-0.39, 0.29) is 0 Å².